The molecule has 1 saturated carbocycles. The first-order valence-corrected chi connectivity index (χ1v) is 7.42. The van der Waals surface area contributed by atoms with Crippen molar-refractivity contribution in [1.82, 2.24) is 5.32 Å². The fourth-order valence-corrected chi connectivity index (χ4v) is 2.06. The highest BCUT2D eigenvalue weighted by Crippen LogP contribution is 2.23. The lowest BCUT2D eigenvalue weighted by atomic mass is 10.1. The minimum atomic E-state index is 0.0706. The molecule has 0 spiro atoms. The van der Waals surface area contributed by atoms with Gasteiger partial charge in [0.15, 0.2) is 0 Å². The third kappa shape index (κ3) is 4.85. The summed E-state index contributed by atoms with van der Waals surface area (Å²) in [6.45, 7) is 2.90. The number of ether oxygens (including phenoxy) is 1. The average molecular weight is 276 g/mol. The molecule has 110 valence electrons. The van der Waals surface area contributed by atoms with Crippen LogP contribution in [-0.2, 0) is 11.3 Å². The van der Waals surface area contributed by atoms with Crippen molar-refractivity contribution in [3.05, 3.63) is 23.8 Å². The number of unbranched alkanes of at least 4 members (excludes halogenated alkanes) is 1. The summed E-state index contributed by atoms with van der Waals surface area (Å²) in [5, 5.41) is 6.42. The van der Waals surface area contributed by atoms with Gasteiger partial charge in [0.2, 0.25) is 5.91 Å². The highest BCUT2D eigenvalue weighted by Gasteiger charge is 2.20. The number of benzene rings is 1. The van der Waals surface area contributed by atoms with Crippen LogP contribution in [0.5, 0.6) is 5.75 Å². The van der Waals surface area contributed by atoms with Crippen molar-refractivity contribution >= 4 is 11.6 Å². The maximum atomic E-state index is 11.8. The van der Waals surface area contributed by atoms with Crippen LogP contribution in [0.25, 0.3) is 0 Å². The van der Waals surface area contributed by atoms with Gasteiger partial charge in [-0.1, -0.05) is 13.3 Å². The standard InChI is InChI=1S/C16H24N2O2/c1-3-4-5-16(19)18-14-8-12(9-15(10-14)20-2)11-17-13-6-7-13/h8-10,13,17H,3-7,11H2,1-2H3,(H,18,19). The molecule has 1 aromatic rings. The van der Waals surface area contributed by atoms with Crippen LogP contribution in [0.15, 0.2) is 18.2 Å². The predicted molar refractivity (Wildman–Crippen MR) is 81.0 cm³/mol. The SMILES string of the molecule is CCCCC(=O)Nc1cc(CNC2CC2)cc(OC)c1. The lowest BCUT2D eigenvalue weighted by Crippen LogP contribution is -2.16. The van der Waals surface area contributed by atoms with Gasteiger partial charge in [-0.3, -0.25) is 4.79 Å². The number of carbonyl (C=O) groups excluding carboxylic acids is 1. The Morgan fingerprint density at radius 3 is 2.80 bits per heavy atom. The van der Waals surface area contributed by atoms with Gasteiger partial charge in [0, 0.05) is 30.8 Å². The summed E-state index contributed by atoms with van der Waals surface area (Å²) < 4.78 is 5.30. The van der Waals surface area contributed by atoms with E-state index >= 15 is 0 Å². The fourth-order valence-electron chi connectivity index (χ4n) is 2.06. The van der Waals surface area contributed by atoms with Crippen LogP contribution in [0.3, 0.4) is 0 Å². The van der Waals surface area contributed by atoms with Crippen molar-refractivity contribution in [2.24, 2.45) is 0 Å². The van der Waals surface area contributed by atoms with E-state index in [1.165, 1.54) is 12.8 Å². The Bertz CT molecular complexity index is 456. The number of anilines is 1. The van der Waals surface area contributed by atoms with Gasteiger partial charge in [-0.2, -0.15) is 0 Å². The molecule has 4 nitrogen and oxygen atoms in total. The first-order chi connectivity index (χ1) is 9.71. The summed E-state index contributed by atoms with van der Waals surface area (Å²) in [7, 11) is 1.65. The van der Waals surface area contributed by atoms with E-state index in [0.29, 0.717) is 12.5 Å². The largest absolute Gasteiger partial charge is 0.497 e. The molecule has 0 heterocycles. The molecule has 0 aliphatic heterocycles. The highest BCUT2D eigenvalue weighted by atomic mass is 16.5. The molecule has 0 saturated heterocycles. The van der Waals surface area contributed by atoms with Crippen molar-refractivity contribution in [2.75, 3.05) is 12.4 Å². The molecule has 0 unspecified atom stereocenters. The van der Waals surface area contributed by atoms with Gasteiger partial charge in [-0.25, -0.2) is 0 Å². The van der Waals surface area contributed by atoms with Crippen molar-refractivity contribution in [2.45, 2.75) is 51.6 Å². The first kappa shape index (κ1) is 14.9. The maximum absolute atomic E-state index is 11.8. The second-order valence-corrected chi connectivity index (χ2v) is 5.38. The van der Waals surface area contributed by atoms with Crippen LogP contribution in [0, 0.1) is 0 Å². The van der Waals surface area contributed by atoms with E-state index in [9.17, 15) is 4.79 Å². The van der Waals surface area contributed by atoms with Crippen molar-refractivity contribution in [1.29, 1.82) is 0 Å². The minimum Gasteiger partial charge on any atom is -0.497 e. The second kappa shape index (κ2) is 7.29. The Labute approximate surface area is 120 Å². The molecule has 2 N–H and O–H groups in total. The van der Waals surface area contributed by atoms with Gasteiger partial charge in [0.1, 0.15) is 5.75 Å². The second-order valence-electron chi connectivity index (χ2n) is 5.38. The average Bonchev–Trinajstić information content (AvgIpc) is 3.26. The zero-order chi connectivity index (χ0) is 14.4. The Kier molecular flexibility index (Phi) is 5.41. The molecular formula is C16H24N2O2. The van der Waals surface area contributed by atoms with E-state index < -0.39 is 0 Å². The van der Waals surface area contributed by atoms with Gasteiger partial charge in [0.05, 0.1) is 7.11 Å². The monoisotopic (exact) mass is 276 g/mol. The van der Waals surface area contributed by atoms with Crippen LogP contribution < -0.4 is 15.4 Å². The Morgan fingerprint density at radius 1 is 1.35 bits per heavy atom. The number of hydrogen-bond acceptors (Lipinski definition) is 3. The van der Waals surface area contributed by atoms with Gasteiger partial charge in [0.25, 0.3) is 0 Å². The summed E-state index contributed by atoms with van der Waals surface area (Å²) >= 11 is 0. The molecular weight excluding hydrogens is 252 g/mol. The number of carbonyl (C=O) groups is 1. The van der Waals surface area contributed by atoms with Crippen LogP contribution in [0.1, 0.15) is 44.6 Å². The van der Waals surface area contributed by atoms with E-state index in [2.05, 4.69) is 17.6 Å². The summed E-state index contributed by atoms with van der Waals surface area (Å²) in [5.41, 5.74) is 1.96. The van der Waals surface area contributed by atoms with Crippen molar-refractivity contribution < 1.29 is 9.53 Å². The Morgan fingerprint density at radius 2 is 2.15 bits per heavy atom. The number of nitrogens with one attached hydrogen (secondary N) is 2. The number of rotatable bonds is 8. The number of hydrogen-bond donors (Lipinski definition) is 2. The van der Waals surface area contributed by atoms with Gasteiger partial charge >= 0.3 is 0 Å². The lowest BCUT2D eigenvalue weighted by Gasteiger charge is -2.11. The smallest absolute Gasteiger partial charge is 0.224 e. The van der Waals surface area contributed by atoms with Gasteiger partial charge < -0.3 is 15.4 Å². The zero-order valence-corrected chi connectivity index (χ0v) is 12.4. The summed E-state index contributed by atoms with van der Waals surface area (Å²) in [4.78, 5) is 11.8. The van der Waals surface area contributed by atoms with Gasteiger partial charge in [-0.05, 0) is 37.0 Å². The normalized spacial score (nSPS) is 14.1. The van der Waals surface area contributed by atoms with Crippen molar-refractivity contribution in [3.63, 3.8) is 0 Å². The quantitative estimate of drug-likeness (QED) is 0.767. The maximum Gasteiger partial charge on any atom is 0.224 e. The molecule has 1 amide bonds. The molecule has 1 aliphatic rings. The lowest BCUT2D eigenvalue weighted by molar-refractivity contribution is -0.116. The van der Waals surface area contributed by atoms with E-state index in [-0.39, 0.29) is 5.91 Å². The summed E-state index contributed by atoms with van der Waals surface area (Å²) in [5.74, 6) is 0.854. The summed E-state index contributed by atoms with van der Waals surface area (Å²) in [6.07, 6.45) is 5.06. The van der Waals surface area contributed by atoms with Crippen LogP contribution in [0.2, 0.25) is 0 Å². The van der Waals surface area contributed by atoms with Crippen LogP contribution in [-0.4, -0.2) is 19.1 Å². The number of amides is 1. The molecule has 0 aromatic heterocycles. The minimum absolute atomic E-state index is 0.0706. The molecule has 0 bridgehead atoms. The molecule has 2 rings (SSSR count). The van der Waals surface area contributed by atoms with Crippen LogP contribution >= 0.6 is 0 Å². The van der Waals surface area contributed by atoms with Crippen molar-refractivity contribution in [3.8, 4) is 5.75 Å². The van der Waals surface area contributed by atoms with E-state index in [0.717, 1.165) is 36.4 Å². The topological polar surface area (TPSA) is 50.4 Å². The highest BCUT2D eigenvalue weighted by molar-refractivity contribution is 5.91. The number of methoxy groups -OCH3 is 1. The van der Waals surface area contributed by atoms with Crippen LogP contribution in [0.4, 0.5) is 5.69 Å². The molecule has 4 heteroatoms. The van der Waals surface area contributed by atoms with Gasteiger partial charge in [-0.15, -0.1) is 0 Å². The Balaban J connectivity index is 1.98. The molecule has 20 heavy (non-hydrogen) atoms. The first-order valence-electron chi connectivity index (χ1n) is 7.42. The zero-order valence-electron chi connectivity index (χ0n) is 12.4. The molecule has 1 aliphatic carbocycles. The predicted octanol–water partition coefficient (Wildman–Crippen LogP) is 3.08. The van der Waals surface area contributed by atoms with E-state index in [1.807, 2.05) is 18.2 Å². The molecule has 1 fully saturated rings. The third-order valence-electron chi connectivity index (χ3n) is 3.42. The molecule has 0 atom stereocenters. The molecule has 1 aromatic carbocycles. The van der Waals surface area contributed by atoms with E-state index in [4.69, 9.17) is 4.74 Å². The third-order valence-corrected chi connectivity index (χ3v) is 3.42. The molecule has 0 radical (unpaired) electrons. The Hall–Kier alpha value is -1.55. The fraction of sp³-hybridized carbons (Fsp3) is 0.562. The summed E-state index contributed by atoms with van der Waals surface area (Å²) in [6, 6.07) is 6.56. The van der Waals surface area contributed by atoms with E-state index in [1.54, 1.807) is 7.11 Å².